The molecule has 0 bridgehead atoms. The zero-order valence-electron chi connectivity index (χ0n) is 29.0. The Morgan fingerprint density at radius 1 is 0.896 bits per heavy atom. The van der Waals surface area contributed by atoms with Crippen molar-refractivity contribution in [2.45, 2.75) is 47.2 Å². The summed E-state index contributed by atoms with van der Waals surface area (Å²) in [6, 6.07) is 22.9. The molecule has 5 rings (SSSR count). The third kappa shape index (κ3) is 12.6. The van der Waals surface area contributed by atoms with Gasteiger partial charge in [-0.3, -0.25) is 10.3 Å². The molecule has 3 aromatic carbocycles. The van der Waals surface area contributed by atoms with Crippen LogP contribution in [0.15, 0.2) is 87.1 Å². The Kier molecular flexibility index (Phi) is 14.8. The van der Waals surface area contributed by atoms with Gasteiger partial charge in [-0.25, -0.2) is 9.98 Å². The molecule has 0 radical (unpaired) electrons. The van der Waals surface area contributed by atoms with Crippen molar-refractivity contribution >= 4 is 58.9 Å². The van der Waals surface area contributed by atoms with Crippen LogP contribution in [0.5, 0.6) is 0 Å². The van der Waals surface area contributed by atoms with Crippen LogP contribution >= 0.6 is 22.9 Å². The largest absolute Gasteiger partial charge is 0.369 e. The molecule has 0 amide bonds. The number of nitrogens with two attached hydrogens (primary N) is 2. The summed E-state index contributed by atoms with van der Waals surface area (Å²) >= 11 is 8.08. The van der Waals surface area contributed by atoms with E-state index in [1.54, 1.807) is 36.5 Å². The highest BCUT2D eigenvalue weighted by Gasteiger charge is 2.17. The highest BCUT2D eigenvalue weighted by molar-refractivity contribution is 7.10. The predicted octanol–water partition coefficient (Wildman–Crippen LogP) is 7.59. The van der Waals surface area contributed by atoms with Crippen molar-refractivity contribution in [3.63, 3.8) is 0 Å². The van der Waals surface area contributed by atoms with Crippen LogP contribution in [-0.2, 0) is 19.5 Å². The Morgan fingerprint density at radius 3 is 1.98 bits per heavy atom. The van der Waals surface area contributed by atoms with Gasteiger partial charge in [0.1, 0.15) is 0 Å². The molecule has 0 saturated carbocycles. The van der Waals surface area contributed by atoms with Crippen LogP contribution in [0.2, 0.25) is 5.02 Å². The number of hydrogen-bond acceptors (Lipinski definition) is 5. The minimum absolute atomic E-state index is 0.238. The van der Waals surface area contributed by atoms with Gasteiger partial charge in [0.15, 0.2) is 5.96 Å². The third-order valence-corrected chi connectivity index (χ3v) is 8.79. The molecule has 0 fully saturated rings. The lowest BCUT2D eigenvalue weighted by Gasteiger charge is -2.27. The summed E-state index contributed by atoms with van der Waals surface area (Å²) < 4.78 is 0. The molecule has 2 heterocycles. The van der Waals surface area contributed by atoms with E-state index < -0.39 is 0 Å². The number of rotatable bonds is 6. The first-order chi connectivity index (χ1) is 22.8. The minimum Gasteiger partial charge on any atom is -0.369 e. The van der Waals surface area contributed by atoms with Gasteiger partial charge in [0, 0.05) is 50.7 Å². The van der Waals surface area contributed by atoms with Gasteiger partial charge in [-0.2, -0.15) is 4.99 Å². The van der Waals surface area contributed by atoms with Gasteiger partial charge in [-0.1, -0.05) is 65.2 Å². The molecule has 11 heteroatoms. The molecule has 0 aliphatic carbocycles. The zero-order chi connectivity index (χ0) is 35.2. The average Bonchev–Trinajstić information content (AvgIpc) is 3.50. The maximum Gasteiger partial charge on any atom is 0.215 e. The smallest absolute Gasteiger partial charge is 0.215 e. The number of guanidine groups is 2. The van der Waals surface area contributed by atoms with Crippen molar-refractivity contribution in [1.29, 1.82) is 5.41 Å². The topological polar surface area (TPSA) is 123 Å². The van der Waals surface area contributed by atoms with Crippen molar-refractivity contribution < 1.29 is 0 Å². The fraction of sp³-hybridized carbons (Fsp3) is 0.297. The van der Waals surface area contributed by atoms with E-state index in [2.05, 4.69) is 95.4 Å². The zero-order valence-corrected chi connectivity index (χ0v) is 30.6. The van der Waals surface area contributed by atoms with E-state index in [1.165, 1.54) is 39.8 Å². The van der Waals surface area contributed by atoms with Crippen LogP contribution in [0.1, 0.15) is 38.3 Å². The van der Waals surface area contributed by atoms with Gasteiger partial charge in [-0.15, -0.1) is 11.3 Å². The molecule has 0 spiro atoms. The molecule has 0 saturated heterocycles. The number of aliphatic imine (C=N–C) groups is 3. The Labute approximate surface area is 294 Å². The molecule has 5 N–H and O–H groups in total. The van der Waals surface area contributed by atoms with Gasteiger partial charge in [0.25, 0.3) is 0 Å². The Balaban J connectivity index is 0.000000213. The van der Waals surface area contributed by atoms with E-state index in [-0.39, 0.29) is 11.9 Å². The molecule has 48 heavy (non-hydrogen) atoms. The monoisotopic (exact) mass is 685 g/mol. The number of benzene rings is 3. The maximum absolute atomic E-state index is 6.70. The molecule has 254 valence electrons. The number of thiophene rings is 1. The number of hydrogen-bond donors (Lipinski definition) is 3. The number of fused-ring (bicyclic) bond motifs is 1. The van der Waals surface area contributed by atoms with Crippen LogP contribution in [0.25, 0.3) is 0 Å². The van der Waals surface area contributed by atoms with E-state index in [4.69, 9.17) is 28.5 Å². The second-order valence-corrected chi connectivity index (χ2v) is 13.3. The maximum atomic E-state index is 6.70. The lowest BCUT2D eigenvalue weighted by atomic mass is 10.1. The number of halogens is 1. The molecule has 4 aromatic rings. The lowest BCUT2D eigenvalue weighted by Crippen LogP contribution is -2.32. The van der Waals surface area contributed by atoms with E-state index in [0.29, 0.717) is 0 Å². The highest BCUT2D eigenvalue weighted by atomic mass is 35.5. The fourth-order valence-corrected chi connectivity index (χ4v) is 5.85. The lowest BCUT2D eigenvalue weighted by molar-refractivity contribution is 0.247. The quantitative estimate of drug-likeness (QED) is 0.143. The van der Waals surface area contributed by atoms with Crippen molar-refractivity contribution in [2.75, 3.05) is 27.7 Å². The first-order valence-corrected chi connectivity index (χ1v) is 16.9. The minimum atomic E-state index is -0.277. The standard InChI is InChI=1S/C19H23N3.C14H14ClNS.C4H11N5/c1-14-6-8-18(16(3)10-14)20-12-22(5)13-21-19-9-7-15(2)11-17(19)4;15-13-4-2-1-3-11(13)9-16-7-5-14-12(10-16)6-8-17-14;1-9(2)4(7)8-3(5)6/h6-13H,1-5H3;1-4,6,8H,5,7,9-10H2;1-2H3,(H5,5,6,7,8). The molecular formula is C37H48ClN9S. The van der Waals surface area contributed by atoms with Gasteiger partial charge in [0.05, 0.1) is 24.1 Å². The number of nitrogens with zero attached hydrogens (tertiary/aromatic N) is 6. The summed E-state index contributed by atoms with van der Waals surface area (Å²) in [7, 11) is 5.38. The molecule has 1 aromatic heterocycles. The van der Waals surface area contributed by atoms with Crippen molar-refractivity contribution in [3.05, 3.63) is 115 Å². The van der Waals surface area contributed by atoms with Crippen LogP contribution < -0.4 is 11.5 Å². The summed E-state index contributed by atoms with van der Waals surface area (Å²) in [5.41, 5.74) is 19.7. The molecule has 9 nitrogen and oxygen atoms in total. The van der Waals surface area contributed by atoms with Gasteiger partial charge >= 0.3 is 0 Å². The van der Waals surface area contributed by atoms with Crippen molar-refractivity contribution in [2.24, 2.45) is 26.4 Å². The number of aryl methyl sites for hydroxylation is 4. The van der Waals surface area contributed by atoms with E-state index >= 15 is 0 Å². The third-order valence-electron chi connectivity index (χ3n) is 7.39. The molecule has 0 atom stereocenters. The Morgan fingerprint density at radius 2 is 1.48 bits per heavy atom. The Hall–Kier alpha value is -4.51. The van der Waals surface area contributed by atoms with Gasteiger partial charge < -0.3 is 21.3 Å². The van der Waals surface area contributed by atoms with Crippen molar-refractivity contribution in [1.82, 2.24) is 14.7 Å². The fourth-order valence-electron chi connectivity index (χ4n) is 4.77. The predicted molar refractivity (Wildman–Crippen MR) is 207 cm³/mol. The Bertz CT molecular complexity index is 1680. The summed E-state index contributed by atoms with van der Waals surface area (Å²) in [4.78, 5) is 19.9. The van der Waals surface area contributed by atoms with Crippen LogP contribution in [0, 0.1) is 33.1 Å². The molecule has 1 aliphatic heterocycles. The normalized spacial score (nSPS) is 13.0. The molecule has 0 unspecified atom stereocenters. The van der Waals surface area contributed by atoms with E-state index in [0.717, 1.165) is 36.0 Å². The second kappa shape index (κ2) is 18.7. The van der Waals surface area contributed by atoms with Gasteiger partial charge in [0.2, 0.25) is 5.96 Å². The first kappa shape index (κ1) is 37.9. The van der Waals surface area contributed by atoms with E-state index in [9.17, 15) is 0 Å². The highest BCUT2D eigenvalue weighted by Crippen LogP contribution is 2.26. The summed E-state index contributed by atoms with van der Waals surface area (Å²) in [5.74, 6) is -0.0382. The number of nitrogens with one attached hydrogen (secondary N) is 1. The van der Waals surface area contributed by atoms with Crippen LogP contribution in [0.4, 0.5) is 11.4 Å². The summed E-state index contributed by atoms with van der Waals surface area (Å²) in [6.45, 7) is 11.5. The average molecular weight is 686 g/mol. The summed E-state index contributed by atoms with van der Waals surface area (Å²) in [6.07, 6.45) is 4.74. The molecular weight excluding hydrogens is 638 g/mol. The van der Waals surface area contributed by atoms with Gasteiger partial charge in [-0.05, 0) is 86.0 Å². The van der Waals surface area contributed by atoms with E-state index in [1.807, 2.05) is 47.5 Å². The van der Waals surface area contributed by atoms with Crippen LogP contribution in [0.3, 0.4) is 0 Å². The SMILES string of the molecule is CN(C)C(N)=NC(=N)N.Cc1ccc(N=CN(C)C=Nc2ccc(C)cc2C)c(C)c1.Clc1ccccc1CN1CCc2sccc2C1. The first-order valence-electron chi connectivity index (χ1n) is 15.6. The second-order valence-electron chi connectivity index (χ2n) is 11.9. The molecule has 1 aliphatic rings. The van der Waals surface area contributed by atoms with Crippen molar-refractivity contribution in [3.8, 4) is 0 Å². The van der Waals surface area contributed by atoms with Crippen LogP contribution in [-0.4, -0.2) is 67.0 Å². The summed E-state index contributed by atoms with van der Waals surface area (Å²) in [5, 5.41) is 9.78.